The molecule has 0 heterocycles. The van der Waals surface area contributed by atoms with Gasteiger partial charge in [-0.1, -0.05) is 38.8 Å². The van der Waals surface area contributed by atoms with Crippen molar-refractivity contribution in [3.05, 3.63) is 29.8 Å². The fourth-order valence-corrected chi connectivity index (χ4v) is 4.86. The molecule has 0 bridgehead atoms. The van der Waals surface area contributed by atoms with Crippen LogP contribution in [0.25, 0.3) is 0 Å². The Hall–Kier alpha value is -1.24. The topological polar surface area (TPSA) is 89.3 Å². The number of nitrogens with two attached hydrogens (primary N) is 1. The van der Waals surface area contributed by atoms with Gasteiger partial charge in [0.15, 0.2) is 5.78 Å². The molecule has 5 nitrogen and oxygen atoms in total. The SMILES string of the molecule is CCC(=O)c1cccc(S(=O)(=O)NC2(CN)CCCCC2C)c1. The van der Waals surface area contributed by atoms with Crippen LogP contribution in [0.2, 0.25) is 0 Å². The molecule has 1 aromatic carbocycles. The van der Waals surface area contributed by atoms with Gasteiger partial charge in [-0.05, 0) is 30.9 Å². The summed E-state index contributed by atoms with van der Waals surface area (Å²) in [7, 11) is -3.71. The molecule has 23 heavy (non-hydrogen) atoms. The molecule has 1 aromatic rings. The molecule has 0 aromatic heterocycles. The first-order valence-electron chi connectivity index (χ1n) is 8.22. The second-order valence-electron chi connectivity index (χ2n) is 6.42. The van der Waals surface area contributed by atoms with Gasteiger partial charge in [-0.15, -0.1) is 0 Å². The average Bonchev–Trinajstić information content (AvgIpc) is 2.56. The molecule has 6 heteroatoms. The second-order valence-corrected chi connectivity index (χ2v) is 8.10. The molecule has 128 valence electrons. The number of carbonyl (C=O) groups is 1. The number of ketones is 1. The van der Waals surface area contributed by atoms with E-state index in [1.54, 1.807) is 19.1 Å². The minimum Gasteiger partial charge on any atom is -0.329 e. The van der Waals surface area contributed by atoms with Crippen LogP contribution in [0, 0.1) is 5.92 Å². The molecular weight excluding hydrogens is 312 g/mol. The van der Waals surface area contributed by atoms with E-state index in [4.69, 9.17) is 5.73 Å². The Bertz CT molecular complexity index is 672. The minimum atomic E-state index is -3.71. The van der Waals surface area contributed by atoms with Gasteiger partial charge in [-0.3, -0.25) is 4.79 Å². The number of hydrogen-bond donors (Lipinski definition) is 2. The van der Waals surface area contributed by atoms with Gasteiger partial charge in [-0.2, -0.15) is 0 Å². The first kappa shape index (κ1) is 18.1. The third-order valence-corrected chi connectivity index (χ3v) is 6.49. The zero-order valence-electron chi connectivity index (χ0n) is 13.8. The summed E-state index contributed by atoms with van der Waals surface area (Å²) in [5, 5.41) is 0. The van der Waals surface area contributed by atoms with Crippen LogP contribution in [-0.4, -0.2) is 26.3 Å². The number of rotatable bonds is 6. The Labute approximate surface area is 138 Å². The number of sulfonamides is 1. The normalized spacial score (nSPS) is 25.3. The van der Waals surface area contributed by atoms with Crippen LogP contribution in [0.3, 0.4) is 0 Å². The molecule has 2 atom stereocenters. The largest absolute Gasteiger partial charge is 0.329 e. The number of hydrogen-bond acceptors (Lipinski definition) is 4. The third-order valence-electron chi connectivity index (χ3n) is 4.94. The van der Waals surface area contributed by atoms with E-state index in [9.17, 15) is 13.2 Å². The van der Waals surface area contributed by atoms with Gasteiger partial charge in [0.05, 0.1) is 4.90 Å². The maximum Gasteiger partial charge on any atom is 0.241 e. The average molecular weight is 338 g/mol. The lowest BCUT2D eigenvalue weighted by Crippen LogP contribution is -2.58. The van der Waals surface area contributed by atoms with Crippen molar-refractivity contribution in [3.63, 3.8) is 0 Å². The van der Waals surface area contributed by atoms with Gasteiger partial charge in [-0.25, -0.2) is 13.1 Å². The van der Waals surface area contributed by atoms with Gasteiger partial charge >= 0.3 is 0 Å². The number of carbonyl (C=O) groups excluding carboxylic acids is 1. The fraction of sp³-hybridized carbons (Fsp3) is 0.588. The van der Waals surface area contributed by atoms with Crippen molar-refractivity contribution in [2.45, 2.75) is 56.4 Å². The molecule has 1 saturated carbocycles. The maximum atomic E-state index is 12.8. The molecule has 1 aliphatic rings. The fourth-order valence-electron chi connectivity index (χ4n) is 3.28. The zero-order valence-corrected chi connectivity index (χ0v) is 14.7. The number of benzene rings is 1. The van der Waals surface area contributed by atoms with E-state index in [2.05, 4.69) is 4.72 Å². The summed E-state index contributed by atoms with van der Waals surface area (Å²) < 4.78 is 28.4. The van der Waals surface area contributed by atoms with Crippen LogP contribution in [-0.2, 0) is 10.0 Å². The van der Waals surface area contributed by atoms with Crippen LogP contribution in [0.5, 0.6) is 0 Å². The molecule has 2 unspecified atom stereocenters. The summed E-state index contributed by atoms with van der Waals surface area (Å²) in [5.74, 6) is 0.123. The highest BCUT2D eigenvalue weighted by molar-refractivity contribution is 7.89. The van der Waals surface area contributed by atoms with Crippen molar-refractivity contribution >= 4 is 15.8 Å². The monoisotopic (exact) mass is 338 g/mol. The standard InChI is InChI=1S/C17H26N2O3S/c1-3-16(20)14-8-6-9-15(11-14)23(21,22)19-17(12-18)10-5-4-7-13(17)2/h6,8-9,11,13,19H,3-5,7,10,12,18H2,1-2H3. The molecule has 0 saturated heterocycles. The van der Waals surface area contributed by atoms with E-state index < -0.39 is 15.6 Å². The predicted molar refractivity (Wildman–Crippen MR) is 90.8 cm³/mol. The first-order chi connectivity index (χ1) is 10.8. The number of Topliss-reactive ketones (excluding diaryl/α,β-unsaturated/α-hetero) is 1. The molecule has 3 N–H and O–H groups in total. The van der Waals surface area contributed by atoms with Crippen LogP contribution in [0.4, 0.5) is 0 Å². The van der Waals surface area contributed by atoms with Gasteiger partial charge in [0, 0.05) is 24.1 Å². The Kier molecular flexibility index (Phi) is 5.60. The van der Waals surface area contributed by atoms with E-state index >= 15 is 0 Å². The third kappa shape index (κ3) is 3.82. The van der Waals surface area contributed by atoms with Crippen LogP contribution in [0.1, 0.15) is 56.3 Å². The van der Waals surface area contributed by atoms with Crippen LogP contribution in [0.15, 0.2) is 29.2 Å². The quantitative estimate of drug-likeness (QED) is 0.780. The van der Waals surface area contributed by atoms with Gasteiger partial charge in [0.2, 0.25) is 10.0 Å². The summed E-state index contributed by atoms with van der Waals surface area (Å²) in [6.45, 7) is 4.08. The molecule has 0 aliphatic heterocycles. The van der Waals surface area contributed by atoms with Crippen LogP contribution < -0.4 is 10.5 Å². The van der Waals surface area contributed by atoms with E-state index in [1.807, 2.05) is 6.92 Å². The van der Waals surface area contributed by atoms with Gasteiger partial charge < -0.3 is 5.73 Å². The first-order valence-corrected chi connectivity index (χ1v) is 9.70. The zero-order chi connectivity index (χ0) is 17.1. The minimum absolute atomic E-state index is 0.0679. The maximum absolute atomic E-state index is 12.8. The van der Waals surface area contributed by atoms with E-state index in [0.717, 1.165) is 25.7 Å². The highest BCUT2D eigenvalue weighted by Crippen LogP contribution is 2.34. The molecule has 1 fully saturated rings. The Morgan fingerprint density at radius 2 is 2.13 bits per heavy atom. The Morgan fingerprint density at radius 1 is 1.39 bits per heavy atom. The van der Waals surface area contributed by atoms with Crippen LogP contribution >= 0.6 is 0 Å². The highest BCUT2D eigenvalue weighted by Gasteiger charge is 2.40. The van der Waals surface area contributed by atoms with Crippen molar-refractivity contribution in [2.24, 2.45) is 11.7 Å². The van der Waals surface area contributed by atoms with Crippen molar-refractivity contribution in [3.8, 4) is 0 Å². The van der Waals surface area contributed by atoms with Crippen molar-refractivity contribution in [2.75, 3.05) is 6.54 Å². The summed E-state index contributed by atoms with van der Waals surface area (Å²) in [5.41, 5.74) is 5.76. The van der Waals surface area contributed by atoms with Gasteiger partial charge in [0.25, 0.3) is 0 Å². The van der Waals surface area contributed by atoms with Crippen molar-refractivity contribution in [1.29, 1.82) is 0 Å². The lowest BCUT2D eigenvalue weighted by atomic mass is 9.74. The van der Waals surface area contributed by atoms with Gasteiger partial charge in [0.1, 0.15) is 0 Å². The molecule has 2 rings (SSSR count). The molecule has 1 aliphatic carbocycles. The highest BCUT2D eigenvalue weighted by atomic mass is 32.2. The lowest BCUT2D eigenvalue weighted by molar-refractivity contribution is 0.0988. The summed E-state index contributed by atoms with van der Waals surface area (Å²) >= 11 is 0. The predicted octanol–water partition coefficient (Wildman–Crippen LogP) is 2.47. The lowest BCUT2D eigenvalue weighted by Gasteiger charge is -2.42. The molecule has 0 amide bonds. The van der Waals surface area contributed by atoms with Crippen molar-refractivity contribution in [1.82, 2.24) is 4.72 Å². The molecular formula is C17H26N2O3S. The van der Waals surface area contributed by atoms with Crippen molar-refractivity contribution < 1.29 is 13.2 Å². The smallest absolute Gasteiger partial charge is 0.241 e. The second kappa shape index (κ2) is 7.11. The number of nitrogens with one attached hydrogen (secondary N) is 1. The Morgan fingerprint density at radius 3 is 2.74 bits per heavy atom. The van der Waals surface area contributed by atoms with E-state index in [-0.39, 0.29) is 23.1 Å². The molecule has 0 spiro atoms. The molecule has 0 radical (unpaired) electrons. The summed E-state index contributed by atoms with van der Waals surface area (Å²) in [6, 6.07) is 6.22. The Balaban J connectivity index is 2.33. The summed E-state index contributed by atoms with van der Waals surface area (Å²) in [6.07, 6.45) is 4.13. The summed E-state index contributed by atoms with van der Waals surface area (Å²) in [4.78, 5) is 11.9. The van der Waals surface area contributed by atoms with E-state index in [0.29, 0.717) is 12.0 Å². The van der Waals surface area contributed by atoms with E-state index in [1.165, 1.54) is 12.1 Å².